The van der Waals surface area contributed by atoms with Crippen LogP contribution >= 0.6 is 11.6 Å². The molecule has 0 unspecified atom stereocenters. The molecule has 1 heterocycles. The third-order valence-electron chi connectivity index (χ3n) is 4.17. The Bertz CT molecular complexity index is 1140. The molecule has 1 aromatic heterocycles. The number of aromatic carboxylic acids is 1. The van der Waals surface area contributed by atoms with E-state index in [0.29, 0.717) is 33.0 Å². The molecule has 0 saturated heterocycles. The van der Waals surface area contributed by atoms with Crippen LogP contribution in [-0.4, -0.2) is 35.3 Å². The zero-order chi connectivity index (χ0) is 19.8. The van der Waals surface area contributed by atoms with Gasteiger partial charge in [-0.3, -0.25) is 5.32 Å². The summed E-state index contributed by atoms with van der Waals surface area (Å²) < 4.78 is 25.2. The molecule has 0 saturated carbocycles. The van der Waals surface area contributed by atoms with Crippen molar-refractivity contribution in [3.05, 3.63) is 57.9 Å². The monoisotopic (exact) mass is 407 g/mol. The van der Waals surface area contributed by atoms with Crippen molar-refractivity contribution in [2.75, 3.05) is 5.88 Å². The first-order chi connectivity index (χ1) is 12.7. The van der Waals surface area contributed by atoms with Crippen molar-refractivity contribution in [3.8, 4) is 0 Å². The molecule has 3 aromatic rings. The number of carbonyl (C=O) groups is 1. The quantitative estimate of drug-likeness (QED) is 0.579. The Morgan fingerprint density at radius 3 is 2.70 bits per heavy atom. The van der Waals surface area contributed by atoms with Crippen molar-refractivity contribution in [2.45, 2.75) is 25.3 Å². The van der Waals surface area contributed by atoms with E-state index in [2.05, 4.69) is 15.3 Å². The number of nitrogens with one attached hydrogen (secondary N) is 2. The van der Waals surface area contributed by atoms with Crippen molar-refractivity contribution < 1.29 is 18.3 Å². The molecule has 7 nitrogen and oxygen atoms in total. The fraction of sp³-hybridized carbons (Fsp3) is 0.222. The Morgan fingerprint density at radius 2 is 2.00 bits per heavy atom. The van der Waals surface area contributed by atoms with Gasteiger partial charge in [0, 0.05) is 5.02 Å². The van der Waals surface area contributed by atoms with Crippen molar-refractivity contribution >= 4 is 38.4 Å². The van der Waals surface area contributed by atoms with E-state index in [1.165, 1.54) is 6.07 Å². The minimum absolute atomic E-state index is 0.0925. The second-order valence-electron chi connectivity index (χ2n) is 6.24. The molecule has 0 radical (unpaired) electrons. The van der Waals surface area contributed by atoms with Gasteiger partial charge in [-0.15, -0.1) is 0 Å². The van der Waals surface area contributed by atoms with E-state index in [4.69, 9.17) is 11.6 Å². The summed E-state index contributed by atoms with van der Waals surface area (Å²) in [7, 11) is -3.56. The van der Waals surface area contributed by atoms with Crippen molar-refractivity contribution in [1.29, 1.82) is 0 Å². The van der Waals surface area contributed by atoms with Crippen molar-refractivity contribution in [3.63, 3.8) is 0 Å². The highest BCUT2D eigenvalue weighted by molar-refractivity contribution is 7.91. The normalized spacial score (nSPS) is 11.8. The average molecular weight is 408 g/mol. The van der Waals surface area contributed by atoms with Gasteiger partial charge in [0.05, 0.1) is 22.5 Å². The summed E-state index contributed by atoms with van der Waals surface area (Å²) in [4.78, 5) is 18.7. The number of carboxylic acid groups (broad SMARTS) is 1. The molecule has 0 spiro atoms. The lowest BCUT2D eigenvalue weighted by Gasteiger charge is -2.10. The maximum Gasteiger partial charge on any atom is 0.337 e. The Hall–Kier alpha value is -2.42. The van der Waals surface area contributed by atoms with Crippen molar-refractivity contribution in [2.24, 2.45) is 0 Å². The summed E-state index contributed by atoms with van der Waals surface area (Å²) in [5.74, 6) is -0.890. The fourth-order valence-corrected chi connectivity index (χ4v) is 4.46. The van der Waals surface area contributed by atoms with Gasteiger partial charge in [-0.25, -0.2) is 18.2 Å². The van der Waals surface area contributed by atoms with Gasteiger partial charge in [-0.2, -0.15) is 0 Å². The Labute approximate surface area is 161 Å². The van der Waals surface area contributed by atoms with Crippen LogP contribution in [0, 0.1) is 13.8 Å². The molecule has 0 atom stereocenters. The number of benzene rings is 2. The van der Waals surface area contributed by atoms with E-state index in [1.807, 2.05) is 0 Å². The number of aromatic nitrogens is 2. The number of para-hydroxylation sites is 1. The standard InChI is InChI=1S/C18H18ClN3O4S/c1-10-7-15(11(2)6-13(10)19)27(25,26)9-20-8-16-21-14-5-3-4-12(18(23)24)17(14)22-16/h3-7,20H,8-9H2,1-2H3,(H,21,22)(H,23,24). The average Bonchev–Trinajstić information content (AvgIpc) is 3.00. The molecule has 0 fully saturated rings. The van der Waals surface area contributed by atoms with E-state index in [1.54, 1.807) is 38.1 Å². The first kappa shape index (κ1) is 19.3. The van der Waals surface area contributed by atoms with E-state index >= 15 is 0 Å². The van der Waals surface area contributed by atoms with E-state index < -0.39 is 15.8 Å². The number of fused-ring (bicyclic) bond motifs is 1. The van der Waals surface area contributed by atoms with E-state index in [0.717, 1.165) is 0 Å². The minimum atomic E-state index is -3.56. The third kappa shape index (κ3) is 3.97. The van der Waals surface area contributed by atoms with E-state index in [-0.39, 0.29) is 22.9 Å². The third-order valence-corrected chi connectivity index (χ3v) is 6.27. The van der Waals surface area contributed by atoms with Crippen LogP contribution in [0.5, 0.6) is 0 Å². The summed E-state index contributed by atoms with van der Waals surface area (Å²) in [5.41, 5.74) is 2.30. The SMILES string of the molecule is Cc1cc(S(=O)(=O)CNCc2nc3c(C(=O)O)cccc3[nH]2)c(C)cc1Cl. The molecule has 142 valence electrons. The summed E-state index contributed by atoms with van der Waals surface area (Å²) in [5, 5.41) is 12.6. The summed E-state index contributed by atoms with van der Waals surface area (Å²) >= 11 is 6.03. The number of aromatic amines is 1. The number of hydrogen-bond donors (Lipinski definition) is 3. The van der Waals surface area contributed by atoms with Crippen LogP contribution in [0.2, 0.25) is 5.02 Å². The maximum atomic E-state index is 12.6. The molecular formula is C18H18ClN3O4S. The van der Waals surface area contributed by atoms with Crippen LogP contribution in [0.15, 0.2) is 35.2 Å². The number of aryl methyl sites for hydroxylation is 2. The minimum Gasteiger partial charge on any atom is -0.478 e. The first-order valence-corrected chi connectivity index (χ1v) is 10.1. The second-order valence-corrected chi connectivity index (χ2v) is 8.61. The molecule has 3 N–H and O–H groups in total. The van der Waals surface area contributed by atoms with Gasteiger partial charge < -0.3 is 10.1 Å². The molecule has 3 rings (SSSR count). The Balaban J connectivity index is 1.76. The molecule has 9 heteroatoms. The van der Waals surface area contributed by atoms with Crippen LogP contribution in [0.3, 0.4) is 0 Å². The predicted octanol–water partition coefficient (Wildman–Crippen LogP) is 3.05. The highest BCUT2D eigenvalue weighted by Gasteiger charge is 2.19. The topological polar surface area (TPSA) is 112 Å². The van der Waals surface area contributed by atoms with Gasteiger partial charge in [0.1, 0.15) is 17.2 Å². The molecule has 0 aliphatic rings. The van der Waals surface area contributed by atoms with Gasteiger partial charge in [-0.1, -0.05) is 17.7 Å². The number of imidazole rings is 1. The first-order valence-electron chi connectivity index (χ1n) is 8.10. The number of halogens is 1. The lowest BCUT2D eigenvalue weighted by Crippen LogP contribution is -2.24. The molecule has 2 aromatic carbocycles. The molecule has 0 aliphatic heterocycles. The molecule has 0 amide bonds. The van der Waals surface area contributed by atoms with Gasteiger partial charge in [0.15, 0.2) is 9.84 Å². The number of nitrogens with zero attached hydrogens (tertiary/aromatic N) is 1. The fourth-order valence-electron chi connectivity index (χ4n) is 2.81. The molecule has 0 aliphatic carbocycles. The molecule has 27 heavy (non-hydrogen) atoms. The second kappa shape index (κ2) is 7.30. The highest BCUT2D eigenvalue weighted by Crippen LogP contribution is 2.24. The van der Waals surface area contributed by atoms with Crippen LogP contribution < -0.4 is 5.32 Å². The number of carboxylic acids is 1. The molecule has 0 bridgehead atoms. The van der Waals surface area contributed by atoms with Crippen molar-refractivity contribution in [1.82, 2.24) is 15.3 Å². The Morgan fingerprint density at radius 1 is 1.26 bits per heavy atom. The lowest BCUT2D eigenvalue weighted by atomic mass is 10.2. The Kier molecular flexibility index (Phi) is 5.23. The zero-order valence-corrected chi connectivity index (χ0v) is 16.3. The number of H-pyrrole nitrogens is 1. The molecular weight excluding hydrogens is 390 g/mol. The summed E-state index contributed by atoms with van der Waals surface area (Å²) in [6.07, 6.45) is 0. The van der Waals surface area contributed by atoms with E-state index in [9.17, 15) is 18.3 Å². The summed E-state index contributed by atoms with van der Waals surface area (Å²) in [6.45, 7) is 3.60. The van der Waals surface area contributed by atoms with Gasteiger partial charge in [-0.05, 0) is 49.2 Å². The van der Waals surface area contributed by atoms with Gasteiger partial charge in [0.25, 0.3) is 0 Å². The predicted molar refractivity (Wildman–Crippen MR) is 103 cm³/mol. The summed E-state index contributed by atoms with van der Waals surface area (Å²) in [6, 6.07) is 8.01. The largest absolute Gasteiger partial charge is 0.478 e. The number of sulfone groups is 1. The number of rotatable bonds is 6. The van der Waals surface area contributed by atoms with Gasteiger partial charge >= 0.3 is 5.97 Å². The lowest BCUT2D eigenvalue weighted by molar-refractivity contribution is 0.0699. The van der Waals surface area contributed by atoms with Crippen LogP contribution in [0.1, 0.15) is 27.3 Å². The zero-order valence-electron chi connectivity index (χ0n) is 14.7. The van der Waals surface area contributed by atoms with Crippen LogP contribution in [-0.2, 0) is 16.4 Å². The number of hydrogen-bond acceptors (Lipinski definition) is 5. The smallest absolute Gasteiger partial charge is 0.337 e. The van der Waals surface area contributed by atoms with Crippen LogP contribution in [0.25, 0.3) is 11.0 Å². The van der Waals surface area contributed by atoms with Gasteiger partial charge in [0.2, 0.25) is 0 Å². The maximum absolute atomic E-state index is 12.6. The highest BCUT2D eigenvalue weighted by atomic mass is 35.5. The van der Waals surface area contributed by atoms with Crippen LogP contribution in [0.4, 0.5) is 0 Å².